The molecule has 0 saturated carbocycles. The van der Waals surface area contributed by atoms with Crippen LogP contribution in [0.2, 0.25) is 0 Å². The van der Waals surface area contributed by atoms with Gasteiger partial charge in [0, 0.05) is 13.0 Å². The third-order valence-corrected chi connectivity index (χ3v) is 2.81. The molecule has 8 heteroatoms. The molecule has 0 aromatic carbocycles. The number of nitrogens with zero attached hydrogens (tertiary/aromatic N) is 1. The van der Waals surface area contributed by atoms with Crippen molar-refractivity contribution in [1.29, 1.82) is 0 Å². The van der Waals surface area contributed by atoms with Crippen molar-refractivity contribution in [3.05, 3.63) is 0 Å². The Morgan fingerprint density at radius 2 is 2.05 bits per heavy atom. The monoisotopic (exact) mass is 282 g/mol. The van der Waals surface area contributed by atoms with Gasteiger partial charge in [-0.25, -0.2) is 0 Å². The molecule has 19 heavy (non-hydrogen) atoms. The van der Waals surface area contributed by atoms with Gasteiger partial charge in [-0.05, 0) is 13.8 Å². The molecule has 1 saturated heterocycles. The molecule has 1 fully saturated rings. The molecule has 0 aromatic heterocycles. The van der Waals surface area contributed by atoms with E-state index in [1.807, 2.05) is 0 Å². The number of hydrogen-bond donors (Lipinski definition) is 2. The Hall–Kier alpha value is -1.31. The highest BCUT2D eigenvalue weighted by atomic mass is 19.4. The molecule has 0 spiro atoms. The van der Waals surface area contributed by atoms with E-state index in [0.29, 0.717) is 4.90 Å². The summed E-state index contributed by atoms with van der Waals surface area (Å²) in [5.41, 5.74) is -0.864. The van der Waals surface area contributed by atoms with Crippen LogP contribution in [0.5, 0.6) is 0 Å². The first-order chi connectivity index (χ1) is 8.54. The van der Waals surface area contributed by atoms with Gasteiger partial charge in [-0.1, -0.05) is 0 Å². The number of aliphatic hydroxyl groups excluding tert-OH is 1. The zero-order chi connectivity index (χ0) is 14.8. The summed E-state index contributed by atoms with van der Waals surface area (Å²) in [4.78, 5) is 23.8. The quantitative estimate of drug-likeness (QED) is 0.778. The SMILES string of the molecule is CC(C)(CO)NC(=O)C1CC(=O)N(CC(F)(F)F)C1. The molecule has 1 aliphatic rings. The minimum Gasteiger partial charge on any atom is -0.394 e. The van der Waals surface area contributed by atoms with Crippen LogP contribution >= 0.6 is 0 Å². The molecular weight excluding hydrogens is 265 g/mol. The van der Waals surface area contributed by atoms with Crippen LogP contribution in [0.15, 0.2) is 0 Å². The highest BCUT2D eigenvalue weighted by Gasteiger charge is 2.41. The number of alkyl halides is 3. The van der Waals surface area contributed by atoms with Gasteiger partial charge in [-0.15, -0.1) is 0 Å². The first-order valence-corrected chi connectivity index (χ1v) is 5.81. The summed E-state index contributed by atoms with van der Waals surface area (Å²) in [6.45, 7) is 1.28. The average molecular weight is 282 g/mol. The maximum Gasteiger partial charge on any atom is 0.406 e. The highest BCUT2D eigenvalue weighted by molar-refractivity contribution is 5.89. The van der Waals surface area contributed by atoms with Crippen molar-refractivity contribution in [3.63, 3.8) is 0 Å². The topological polar surface area (TPSA) is 69.6 Å². The summed E-state index contributed by atoms with van der Waals surface area (Å²) < 4.78 is 36.6. The Morgan fingerprint density at radius 1 is 1.47 bits per heavy atom. The molecule has 2 N–H and O–H groups in total. The minimum absolute atomic E-state index is 0.233. The Kier molecular flexibility index (Phi) is 4.44. The molecule has 1 unspecified atom stereocenters. The van der Waals surface area contributed by atoms with Gasteiger partial charge in [0.1, 0.15) is 6.54 Å². The van der Waals surface area contributed by atoms with Crippen LogP contribution in [0.25, 0.3) is 0 Å². The van der Waals surface area contributed by atoms with Gasteiger partial charge in [0.15, 0.2) is 0 Å². The number of carbonyl (C=O) groups excluding carboxylic acids is 2. The number of carbonyl (C=O) groups is 2. The van der Waals surface area contributed by atoms with Crippen molar-refractivity contribution >= 4 is 11.8 Å². The second-order valence-corrected chi connectivity index (χ2v) is 5.32. The van der Waals surface area contributed by atoms with Gasteiger partial charge >= 0.3 is 6.18 Å². The van der Waals surface area contributed by atoms with E-state index in [1.165, 1.54) is 0 Å². The second kappa shape index (κ2) is 5.36. The number of rotatable bonds is 4. The predicted molar refractivity (Wildman–Crippen MR) is 60.0 cm³/mol. The summed E-state index contributed by atoms with van der Waals surface area (Å²) >= 11 is 0. The summed E-state index contributed by atoms with van der Waals surface area (Å²) in [5.74, 6) is -2.00. The molecule has 0 aliphatic carbocycles. The molecule has 1 atom stereocenters. The lowest BCUT2D eigenvalue weighted by atomic mass is 10.0. The Bertz CT molecular complexity index is 369. The zero-order valence-corrected chi connectivity index (χ0v) is 10.8. The largest absolute Gasteiger partial charge is 0.406 e. The molecule has 2 amide bonds. The summed E-state index contributed by atoms with van der Waals surface area (Å²) in [7, 11) is 0. The van der Waals surface area contributed by atoms with Crippen LogP contribution in [0.3, 0.4) is 0 Å². The molecule has 1 aliphatic heterocycles. The Morgan fingerprint density at radius 3 is 2.53 bits per heavy atom. The number of hydrogen-bond acceptors (Lipinski definition) is 3. The Balaban J connectivity index is 2.59. The molecule has 1 heterocycles. The fourth-order valence-electron chi connectivity index (χ4n) is 1.79. The van der Waals surface area contributed by atoms with Crippen LogP contribution in [0, 0.1) is 5.92 Å². The number of amides is 2. The normalized spacial score (nSPS) is 20.8. The van der Waals surface area contributed by atoms with E-state index >= 15 is 0 Å². The summed E-state index contributed by atoms with van der Waals surface area (Å²) in [6, 6.07) is 0. The highest BCUT2D eigenvalue weighted by Crippen LogP contribution is 2.24. The van der Waals surface area contributed by atoms with E-state index in [4.69, 9.17) is 5.11 Å². The van der Waals surface area contributed by atoms with Gasteiger partial charge in [-0.2, -0.15) is 13.2 Å². The first kappa shape index (κ1) is 15.7. The molecule has 110 valence electrons. The third-order valence-electron chi connectivity index (χ3n) is 2.81. The van der Waals surface area contributed by atoms with Crippen molar-refractivity contribution in [2.24, 2.45) is 5.92 Å². The summed E-state index contributed by atoms with van der Waals surface area (Å²) in [5, 5.41) is 11.5. The lowest BCUT2D eigenvalue weighted by Crippen LogP contribution is -2.49. The van der Waals surface area contributed by atoms with Crippen molar-refractivity contribution < 1.29 is 27.9 Å². The van der Waals surface area contributed by atoms with Gasteiger partial charge < -0.3 is 15.3 Å². The predicted octanol–water partition coefficient (Wildman–Crippen LogP) is 0.284. The van der Waals surface area contributed by atoms with Crippen molar-refractivity contribution in [3.8, 4) is 0 Å². The number of likely N-dealkylation sites (tertiary alicyclic amines) is 1. The van der Waals surface area contributed by atoms with Crippen LogP contribution in [0.4, 0.5) is 13.2 Å². The maximum absolute atomic E-state index is 12.2. The Labute approximate surface area is 108 Å². The van der Waals surface area contributed by atoms with Crippen molar-refractivity contribution in [2.45, 2.75) is 32.0 Å². The molecule has 0 aromatic rings. The van der Waals surface area contributed by atoms with Crippen LogP contribution < -0.4 is 5.32 Å². The lowest BCUT2D eigenvalue weighted by Gasteiger charge is -2.25. The van der Waals surface area contributed by atoms with E-state index in [9.17, 15) is 22.8 Å². The van der Waals surface area contributed by atoms with E-state index in [1.54, 1.807) is 13.8 Å². The molecule has 0 radical (unpaired) electrons. The maximum atomic E-state index is 12.2. The average Bonchev–Trinajstić information content (AvgIpc) is 2.57. The first-order valence-electron chi connectivity index (χ1n) is 5.81. The van der Waals surface area contributed by atoms with E-state index < -0.39 is 36.0 Å². The number of nitrogens with one attached hydrogen (secondary N) is 1. The van der Waals surface area contributed by atoms with Gasteiger partial charge in [-0.3, -0.25) is 9.59 Å². The lowest BCUT2D eigenvalue weighted by molar-refractivity contribution is -0.157. The fraction of sp³-hybridized carbons (Fsp3) is 0.818. The van der Waals surface area contributed by atoms with Gasteiger partial charge in [0.2, 0.25) is 11.8 Å². The fourth-order valence-corrected chi connectivity index (χ4v) is 1.79. The third kappa shape index (κ3) is 4.70. The van der Waals surface area contributed by atoms with Crippen molar-refractivity contribution in [2.75, 3.05) is 19.7 Å². The minimum atomic E-state index is -4.47. The van der Waals surface area contributed by atoms with E-state index in [-0.39, 0.29) is 19.6 Å². The number of halogens is 3. The van der Waals surface area contributed by atoms with Crippen molar-refractivity contribution in [1.82, 2.24) is 10.2 Å². The molecule has 5 nitrogen and oxygen atoms in total. The second-order valence-electron chi connectivity index (χ2n) is 5.32. The summed E-state index contributed by atoms with van der Waals surface area (Å²) in [6.07, 6.45) is -4.70. The van der Waals surface area contributed by atoms with Crippen LogP contribution in [-0.4, -0.2) is 53.2 Å². The van der Waals surface area contributed by atoms with Crippen LogP contribution in [-0.2, 0) is 9.59 Å². The van der Waals surface area contributed by atoms with E-state index in [0.717, 1.165) is 0 Å². The molecule has 1 rings (SSSR count). The van der Waals surface area contributed by atoms with E-state index in [2.05, 4.69) is 5.32 Å². The standard InChI is InChI=1S/C11H17F3N2O3/c1-10(2,6-17)15-9(19)7-3-8(18)16(4-7)5-11(12,13)14/h7,17H,3-6H2,1-2H3,(H,15,19). The van der Waals surface area contributed by atoms with Gasteiger partial charge in [0.05, 0.1) is 18.1 Å². The molecular formula is C11H17F3N2O3. The number of aliphatic hydroxyl groups is 1. The van der Waals surface area contributed by atoms with Gasteiger partial charge in [0.25, 0.3) is 0 Å². The molecule has 0 bridgehead atoms. The van der Waals surface area contributed by atoms with Crippen LogP contribution in [0.1, 0.15) is 20.3 Å². The smallest absolute Gasteiger partial charge is 0.394 e. The zero-order valence-electron chi connectivity index (χ0n) is 10.8.